The predicted molar refractivity (Wildman–Crippen MR) is 84.2 cm³/mol. The molecular weight excluding hydrogens is 378 g/mol. The second-order valence-corrected chi connectivity index (χ2v) is 7.38. The average Bonchev–Trinajstić information content (AvgIpc) is 2.40. The van der Waals surface area contributed by atoms with Gasteiger partial charge in [0.05, 0.1) is 5.56 Å². The standard InChI is InChI=1S/C13H15Br2NOS/c14-10-1-2-12(15)11(7-10)13(17)16-8-9-3-5-18-6-4-9/h1-2,7,9H,3-6,8H2,(H,16,17). The molecule has 0 spiro atoms. The Morgan fingerprint density at radius 1 is 1.33 bits per heavy atom. The summed E-state index contributed by atoms with van der Waals surface area (Å²) in [5, 5.41) is 3.04. The van der Waals surface area contributed by atoms with Gasteiger partial charge in [-0.2, -0.15) is 11.8 Å². The molecule has 2 rings (SSSR count). The molecule has 0 saturated carbocycles. The molecule has 0 unspecified atom stereocenters. The molecule has 0 radical (unpaired) electrons. The third kappa shape index (κ3) is 4.00. The van der Waals surface area contributed by atoms with Gasteiger partial charge in [0.25, 0.3) is 5.91 Å². The van der Waals surface area contributed by atoms with Gasteiger partial charge in [-0.25, -0.2) is 0 Å². The largest absolute Gasteiger partial charge is 0.352 e. The molecule has 0 atom stereocenters. The maximum atomic E-state index is 12.1. The molecule has 1 aromatic rings. The lowest BCUT2D eigenvalue weighted by atomic mass is 10.0. The van der Waals surface area contributed by atoms with E-state index in [0.717, 1.165) is 15.5 Å². The van der Waals surface area contributed by atoms with E-state index in [0.29, 0.717) is 11.5 Å². The average molecular weight is 393 g/mol. The molecule has 1 amide bonds. The van der Waals surface area contributed by atoms with Crippen LogP contribution >= 0.6 is 43.6 Å². The molecule has 1 N–H and O–H groups in total. The van der Waals surface area contributed by atoms with Gasteiger partial charge < -0.3 is 5.32 Å². The third-order valence-corrected chi connectivity index (χ3v) is 5.30. The van der Waals surface area contributed by atoms with Crippen LogP contribution in [0.1, 0.15) is 23.2 Å². The SMILES string of the molecule is O=C(NCC1CCSCC1)c1cc(Br)ccc1Br. The number of halogens is 2. The fourth-order valence-electron chi connectivity index (χ4n) is 1.95. The van der Waals surface area contributed by atoms with Gasteiger partial charge in [0.1, 0.15) is 0 Å². The van der Waals surface area contributed by atoms with Crippen LogP contribution in [0.15, 0.2) is 27.1 Å². The van der Waals surface area contributed by atoms with Gasteiger partial charge in [-0.05, 0) is 64.4 Å². The number of rotatable bonds is 3. The van der Waals surface area contributed by atoms with Crippen LogP contribution in [0.25, 0.3) is 0 Å². The molecule has 1 aliphatic rings. The van der Waals surface area contributed by atoms with Gasteiger partial charge in [0.15, 0.2) is 0 Å². The summed E-state index contributed by atoms with van der Waals surface area (Å²) in [4.78, 5) is 12.1. The Labute approximate surface area is 129 Å². The van der Waals surface area contributed by atoms with E-state index in [1.165, 1.54) is 24.3 Å². The molecule has 1 heterocycles. The van der Waals surface area contributed by atoms with E-state index in [4.69, 9.17) is 0 Å². The van der Waals surface area contributed by atoms with E-state index in [2.05, 4.69) is 37.2 Å². The molecule has 1 fully saturated rings. The van der Waals surface area contributed by atoms with Crippen molar-refractivity contribution in [1.82, 2.24) is 5.32 Å². The topological polar surface area (TPSA) is 29.1 Å². The van der Waals surface area contributed by atoms with Crippen LogP contribution in [-0.4, -0.2) is 24.0 Å². The van der Waals surface area contributed by atoms with Gasteiger partial charge in [-0.3, -0.25) is 4.79 Å². The van der Waals surface area contributed by atoms with Crippen LogP contribution < -0.4 is 5.32 Å². The van der Waals surface area contributed by atoms with E-state index in [1.54, 1.807) is 0 Å². The number of carbonyl (C=O) groups excluding carboxylic acids is 1. The van der Waals surface area contributed by atoms with Gasteiger partial charge in [-0.1, -0.05) is 15.9 Å². The van der Waals surface area contributed by atoms with Crippen LogP contribution in [0.3, 0.4) is 0 Å². The number of amides is 1. The van der Waals surface area contributed by atoms with Crippen LogP contribution in [0.2, 0.25) is 0 Å². The third-order valence-electron chi connectivity index (χ3n) is 3.07. The molecule has 0 aromatic heterocycles. The molecule has 0 aliphatic carbocycles. The number of hydrogen-bond donors (Lipinski definition) is 1. The van der Waals surface area contributed by atoms with Gasteiger partial charge in [-0.15, -0.1) is 0 Å². The number of thioether (sulfide) groups is 1. The lowest BCUT2D eigenvalue weighted by Gasteiger charge is -2.21. The minimum absolute atomic E-state index is 0.00130. The van der Waals surface area contributed by atoms with E-state index in [9.17, 15) is 4.79 Å². The van der Waals surface area contributed by atoms with Crippen molar-refractivity contribution >= 4 is 49.5 Å². The smallest absolute Gasteiger partial charge is 0.252 e. The Kier molecular flexibility index (Phi) is 5.57. The summed E-state index contributed by atoms with van der Waals surface area (Å²) in [5.74, 6) is 3.09. The minimum Gasteiger partial charge on any atom is -0.352 e. The minimum atomic E-state index is 0.00130. The van der Waals surface area contributed by atoms with Gasteiger partial charge in [0.2, 0.25) is 0 Å². The molecule has 5 heteroatoms. The molecular formula is C13H15Br2NOS. The summed E-state index contributed by atoms with van der Waals surface area (Å²) in [6, 6.07) is 5.64. The predicted octanol–water partition coefficient (Wildman–Crippen LogP) is 4.08. The highest BCUT2D eigenvalue weighted by Gasteiger charge is 2.16. The van der Waals surface area contributed by atoms with E-state index in [-0.39, 0.29) is 5.91 Å². The van der Waals surface area contributed by atoms with Crippen molar-refractivity contribution < 1.29 is 4.79 Å². The van der Waals surface area contributed by atoms with Crippen LogP contribution in [0.5, 0.6) is 0 Å². The first-order chi connectivity index (χ1) is 8.66. The Hall–Kier alpha value is -0.000000000000000111. The summed E-state index contributed by atoms with van der Waals surface area (Å²) in [7, 11) is 0. The number of nitrogens with one attached hydrogen (secondary N) is 1. The first-order valence-electron chi connectivity index (χ1n) is 5.98. The van der Waals surface area contributed by atoms with Crippen molar-refractivity contribution in [3.8, 4) is 0 Å². The second-order valence-electron chi connectivity index (χ2n) is 4.39. The molecule has 2 nitrogen and oxygen atoms in total. The lowest BCUT2D eigenvalue weighted by molar-refractivity contribution is 0.0945. The van der Waals surface area contributed by atoms with Crippen molar-refractivity contribution in [2.45, 2.75) is 12.8 Å². The van der Waals surface area contributed by atoms with Crippen LogP contribution in [0.4, 0.5) is 0 Å². The fourth-order valence-corrected chi connectivity index (χ4v) is 3.95. The Morgan fingerprint density at radius 3 is 2.78 bits per heavy atom. The van der Waals surface area contributed by atoms with Crippen molar-refractivity contribution in [3.05, 3.63) is 32.7 Å². The summed E-state index contributed by atoms with van der Waals surface area (Å²) in [6.07, 6.45) is 2.43. The Bertz CT molecular complexity index is 433. The summed E-state index contributed by atoms with van der Waals surface area (Å²) in [5.41, 5.74) is 0.689. The zero-order chi connectivity index (χ0) is 13.0. The Balaban J connectivity index is 1.92. The van der Waals surface area contributed by atoms with Crippen molar-refractivity contribution in [2.24, 2.45) is 5.92 Å². The lowest BCUT2D eigenvalue weighted by Crippen LogP contribution is -2.31. The van der Waals surface area contributed by atoms with Crippen molar-refractivity contribution in [1.29, 1.82) is 0 Å². The zero-order valence-electron chi connectivity index (χ0n) is 9.92. The normalized spacial score (nSPS) is 16.6. The van der Waals surface area contributed by atoms with E-state index in [1.807, 2.05) is 30.0 Å². The highest BCUT2D eigenvalue weighted by atomic mass is 79.9. The van der Waals surface area contributed by atoms with Gasteiger partial charge >= 0.3 is 0 Å². The molecule has 1 aromatic carbocycles. The van der Waals surface area contributed by atoms with Crippen LogP contribution in [-0.2, 0) is 0 Å². The summed E-state index contributed by atoms with van der Waals surface area (Å²) >= 11 is 8.81. The number of hydrogen-bond acceptors (Lipinski definition) is 2. The first-order valence-corrected chi connectivity index (χ1v) is 8.72. The fraction of sp³-hybridized carbons (Fsp3) is 0.462. The second kappa shape index (κ2) is 6.96. The summed E-state index contributed by atoms with van der Waals surface area (Å²) < 4.78 is 1.76. The number of benzene rings is 1. The molecule has 1 saturated heterocycles. The maximum absolute atomic E-state index is 12.1. The van der Waals surface area contributed by atoms with Crippen LogP contribution in [0, 0.1) is 5.92 Å². The Morgan fingerprint density at radius 2 is 2.06 bits per heavy atom. The highest BCUT2D eigenvalue weighted by Crippen LogP contribution is 2.23. The van der Waals surface area contributed by atoms with E-state index < -0.39 is 0 Å². The first kappa shape index (κ1) is 14.4. The van der Waals surface area contributed by atoms with Crippen molar-refractivity contribution in [2.75, 3.05) is 18.1 Å². The zero-order valence-corrected chi connectivity index (χ0v) is 13.9. The molecule has 1 aliphatic heterocycles. The van der Waals surface area contributed by atoms with Crippen molar-refractivity contribution in [3.63, 3.8) is 0 Å². The molecule has 18 heavy (non-hydrogen) atoms. The maximum Gasteiger partial charge on any atom is 0.252 e. The number of carbonyl (C=O) groups is 1. The summed E-state index contributed by atoms with van der Waals surface area (Å²) in [6.45, 7) is 0.790. The quantitative estimate of drug-likeness (QED) is 0.839. The highest BCUT2D eigenvalue weighted by molar-refractivity contribution is 9.11. The molecule has 0 bridgehead atoms. The van der Waals surface area contributed by atoms with Gasteiger partial charge in [0, 0.05) is 15.5 Å². The monoisotopic (exact) mass is 391 g/mol. The molecule has 98 valence electrons. The van der Waals surface area contributed by atoms with E-state index >= 15 is 0 Å².